The van der Waals surface area contributed by atoms with E-state index in [9.17, 15) is 9.18 Å². The van der Waals surface area contributed by atoms with Gasteiger partial charge in [-0.2, -0.15) is 0 Å². The van der Waals surface area contributed by atoms with Crippen molar-refractivity contribution in [1.29, 1.82) is 0 Å². The molecular formula is C14H20FNO2. The number of carbonyl (C=O) groups is 1. The minimum Gasteiger partial charge on any atom is -0.497 e. The zero-order valence-electron chi connectivity index (χ0n) is 11.3. The summed E-state index contributed by atoms with van der Waals surface area (Å²) in [4.78, 5) is 11.9. The molecule has 0 radical (unpaired) electrons. The molecule has 1 atom stereocenters. The Kier molecular flexibility index (Phi) is 5.13. The lowest BCUT2D eigenvalue weighted by Crippen LogP contribution is -2.38. The Labute approximate surface area is 107 Å². The van der Waals surface area contributed by atoms with Crippen LogP contribution < -0.4 is 10.1 Å². The van der Waals surface area contributed by atoms with Crippen molar-refractivity contribution >= 4 is 5.91 Å². The molecule has 0 fully saturated rings. The fourth-order valence-electron chi connectivity index (χ4n) is 1.79. The third kappa shape index (κ3) is 3.45. The third-order valence-corrected chi connectivity index (χ3v) is 2.98. The molecule has 0 saturated heterocycles. The Balaban J connectivity index is 2.84. The highest BCUT2D eigenvalue weighted by atomic mass is 19.1. The van der Waals surface area contributed by atoms with Crippen LogP contribution in [0.1, 0.15) is 37.6 Å². The maximum absolute atomic E-state index is 13.7. The number of halogens is 1. The quantitative estimate of drug-likeness (QED) is 0.876. The standard InChI is InChI=1S/C14H20FNO2/c1-5-13(9(2)3)16-14(17)11-7-6-10(18-4)8-12(11)15/h6-9,13H,5H2,1-4H3,(H,16,17). The summed E-state index contributed by atoms with van der Waals surface area (Å²) in [6, 6.07) is 4.29. The van der Waals surface area contributed by atoms with Crippen LogP contribution in [0.5, 0.6) is 5.75 Å². The van der Waals surface area contributed by atoms with Crippen LogP contribution in [0.15, 0.2) is 18.2 Å². The normalized spacial score (nSPS) is 12.3. The van der Waals surface area contributed by atoms with E-state index >= 15 is 0 Å². The number of benzene rings is 1. The van der Waals surface area contributed by atoms with E-state index in [2.05, 4.69) is 5.32 Å². The smallest absolute Gasteiger partial charge is 0.254 e. The van der Waals surface area contributed by atoms with Crippen molar-refractivity contribution in [3.8, 4) is 5.75 Å². The second-order valence-corrected chi connectivity index (χ2v) is 4.58. The van der Waals surface area contributed by atoms with Gasteiger partial charge in [-0.25, -0.2) is 4.39 Å². The molecule has 1 N–H and O–H groups in total. The van der Waals surface area contributed by atoms with Gasteiger partial charge in [0.1, 0.15) is 11.6 Å². The Hall–Kier alpha value is -1.58. The third-order valence-electron chi connectivity index (χ3n) is 2.98. The fourth-order valence-corrected chi connectivity index (χ4v) is 1.79. The molecule has 0 aliphatic heterocycles. The number of nitrogens with one attached hydrogen (secondary N) is 1. The van der Waals surface area contributed by atoms with Gasteiger partial charge in [0.15, 0.2) is 0 Å². The molecule has 0 heterocycles. The average molecular weight is 253 g/mol. The molecule has 1 rings (SSSR count). The van der Waals surface area contributed by atoms with Crippen LogP contribution >= 0.6 is 0 Å². The summed E-state index contributed by atoms with van der Waals surface area (Å²) >= 11 is 0. The van der Waals surface area contributed by atoms with Gasteiger partial charge in [0.05, 0.1) is 12.7 Å². The molecule has 1 unspecified atom stereocenters. The van der Waals surface area contributed by atoms with Gasteiger partial charge in [-0.3, -0.25) is 4.79 Å². The Bertz CT molecular complexity index is 418. The van der Waals surface area contributed by atoms with E-state index in [-0.39, 0.29) is 17.5 Å². The van der Waals surface area contributed by atoms with Crippen molar-refractivity contribution < 1.29 is 13.9 Å². The number of amides is 1. The molecule has 1 aromatic rings. The second kappa shape index (κ2) is 6.38. The first kappa shape index (κ1) is 14.5. The van der Waals surface area contributed by atoms with Gasteiger partial charge in [0, 0.05) is 12.1 Å². The molecule has 0 aliphatic carbocycles. The lowest BCUT2D eigenvalue weighted by atomic mass is 10.0. The summed E-state index contributed by atoms with van der Waals surface area (Å²) in [5, 5.41) is 2.84. The Morgan fingerprint density at radius 3 is 2.56 bits per heavy atom. The molecule has 0 bridgehead atoms. The summed E-state index contributed by atoms with van der Waals surface area (Å²) in [6.07, 6.45) is 0.821. The molecule has 4 heteroatoms. The predicted octanol–water partition coefficient (Wildman–Crippen LogP) is 3.00. The zero-order valence-corrected chi connectivity index (χ0v) is 11.3. The lowest BCUT2D eigenvalue weighted by Gasteiger charge is -2.20. The zero-order chi connectivity index (χ0) is 13.7. The van der Waals surface area contributed by atoms with Crippen LogP contribution in [0.2, 0.25) is 0 Å². The molecule has 18 heavy (non-hydrogen) atoms. The van der Waals surface area contributed by atoms with Crippen molar-refractivity contribution in [2.24, 2.45) is 5.92 Å². The summed E-state index contributed by atoms with van der Waals surface area (Å²) in [7, 11) is 1.46. The molecule has 0 aliphatic rings. The molecule has 0 aromatic heterocycles. The number of methoxy groups -OCH3 is 1. The molecule has 100 valence electrons. The van der Waals surface area contributed by atoms with Crippen LogP contribution in [-0.2, 0) is 0 Å². The van der Waals surface area contributed by atoms with Crippen molar-refractivity contribution in [1.82, 2.24) is 5.32 Å². The lowest BCUT2D eigenvalue weighted by molar-refractivity contribution is 0.0920. The first-order valence-electron chi connectivity index (χ1n) is 6.14. The van der Waals surface area contributed by atoms with Gasteiger partial charge < -0.3 is 10.1 Å². The van der Waals surface area contributed by atoms with E-state index in [1.54, 1.807) is 6.07 Å². The molecular weight excluding hydrogens is 233 g/mol. The van der Waals surface area contributed by atoms with Gasteiger partial charge in [0.2, 0.25) is 0 Å². The fraction of sp³-hybridized carbons (Fsp3) is 0.500. The Morgan fingerprint density at radius 1 is 1.44 bits per heavy atom. The first-order valence-corrected chi connectivity index (χ1v) is 6.14. The summed E-state index contributed by atoms with van der Waals surface area (Å²) in [5.41, 5.74) is 0.0508. The average Bonchev–Trinajstić information content (AvgIpc) is 2.34. The van der Waals surface area contributed by atoms with Crippen LogP contribution in [0.25, 0.3) is 0 Å². The largest absolute Gasteiger partial charge is 0.497 e. The molecule has 0 spiro atoms. The van der Waals surface area contributed by atoms with Gasteiger partial charge in [-0.1, -0.05) is 20.8 Å². The van der Waals surface area contributed by atoms with Crippen molar-refractivity contribution in [2.45, 2.75) is 33.2 Å². The van der Waals surface area contributed by atoms with E-state index < -0.39 is 5.82 Å². The van der Waals surface area contributed by atoms with Crippen molar-refractivity contribution in [2.75, 3.05) is 7.11 Å². The van der Waals surface area contributed by atoms with Gasteiger partial charge in [0.25, 0.3) is 5.91 Å². The number of ether oxygens (including phenoxy) is 1. The van der Waals surface area contributed by atoms with E-state index in [1.165, 1.54) is 19.2 Å². The monoisotopic (exact) mass is 253 g/mol. The van der Waals surface area contributed by atoms with Gasteiger partial charge in [-0.15, -0.1) is 0 Å². The summed E-state index contributed by atoms with van der Waals surface area (Å²) < 4.78 is 18.6. The number of hydrogen-bond donors (Lipinski definition) is 1. The number of hydrogen-bond acceptors (Lipinski definition) is 2. The van der Waals surface area contributed by atoms with Gasteiger partial charge >= 0.3 is 0 Å². The molecule has 1 aromatic carbocycles. The van der Waals surface area contributed by atoms with Crippen LogP contribution in [0, 0.1) is 11.7 Å². The molecule has 3 nitrogen and oxygen atoms in total. The first-order chi connectivity index (χ1) is 8.49. The Morgan fingerprint density at radius 2 is 2.11 bits per heavy atom. The topological polar surface area (TPSA) is 38.3 Å². The number of rotatable bonds is 5. The SMILES string of the molecule is CCC(NC(=O)c1ccc(OC)cc1F)C(C)C. The predicted molar refractivity (Wildman–Crippen MR) is 69.3 cm³/mol. The maximum atomic E-state index is 13.7. The van der Waals surface area contributed by atoms with Crippen LogP contribution in [0.4, 0.5) is 4.39 Å². The number of carbonyl (C=O) groups excluding carboxylic acids is 1. The van der Waals surface area contributed by atoms with Gasteiger partial charge in [-0.05, 0) is 24.5 Å². The second-order valence-electron chi connectivity index (χ2n) is 4.58. The van der Waals surface area contributed by atoms with Crippen LogP contribution in [0.3, 0.4) is 0 Å². The molecule has 0 saturated carbocycles. The minimum absolute atomic E-state index is 0.0508. The van der Waals surface area contributed by atoms with E-state index in [0.717, 1.165) is 6.42 Å². The summed E-state index contributed by atoms with van der Waals surface area (Å²) in [5.74, 6) is -0.221. The van der Waals surface area contributed by atoms with E-state index in [0.29, 0.717) is 11.7 Å². The van der Waals surface area contributed by atoms with Crippen LogP contribution in [-0.4, -0.2) is 19.1 Å². The van der Waals surface area contributed by atoms with Crippen molar-refractivity contribution in [3.63, 3.8) is 0 Å². The van der Waals surface area contributed by atoms with E-state index in [4.69, 9.17) is 4.74 Å². The highest BCUT2D eigenvalue weighted by molar-refractivity contribution is 5.94. The molecule has 1 amide bonds. The maximum Gasteiger partial charge on any atom is 0.254 e. The highest BCUT2D eigenvalue weighted by Gasteiger charge is 2.18. The van der Waals surface area contributed by atoms with Crippen molar-refractivity contribution in [3.05, 3.63) is 29.6 Å². The summed E-state index contributed by atoms with van der Waals surface area (Å²) in [6.45, 7) is 6.05. The minimum atomic E-state index is -0.564. The highest BCUT2D eigenvalue weighted by Crippen LogP contribution is 2.17. The van der Waals surface area contributed by atoms with E-state index in [1.807, 2.05) is 20.8 Å².